The molecule has 0 saturated heterocycles. The SMILES string of the molecule is COc1cc(SC)ccc1C(=O)NNC(=O)COc1cccc(F)c1. The number of amides is 2. The summed E-state index contributed by atoms with van der Waals surface area (Å²) in [5.74, 6) is -0.960. The first-order valence-corrected chi connectivity index (χ1v) is 8.45. The molecule has 8 heteroatoms. The lowest BCUT2D eigenvalue weighted by Crippen LogP contribution is -2.43. The van der Waals surface area contributed by atoms with Gasteiger partial charge in [0.2, 0.25) is 0 Å². The van der Waals surface area contributed by atoms with Crippen LogP contribution in [0.25, 0.3) is 0 Å². The molecule has 2 aromatic rings. The maximum absolute atomic E-state index is 13.0. The van der Waals surface area contributed by atoms with Gasteiger partial charge in [0, 0.05) is 11.0 Å². The number of ether oxygens (including phenoxy) is 2. The normalized spacial score (nSPS) is 10.0. The van der Waals surface area contributed by atoms with E-state index in [4.69, 9.17) is 9.47 Å². The summed E-state index contributed by atoms with van der Waals surface area (Å²) in [4.78, 5) is 24.8. The molecule has 6 nitrogen and oxygen atoms in total. The van der Waals surface area contributed by atoms with Gasteiger partial charge in [0.1, 0.15) is 17.3 Å². The maximum atomic E-state index is 13.0. The Balaban J connectivity index is 1.88. The highest BCUT2D eigenvalue weighted by atomic mass is 32.2. The standard InChI is InChI=1S/C17H17FN2O4S/c1-23-15-9-13(25-2)6-7-14(15)17(22)20-19-16(21)10-24-12-5-3-4-11(18)8-12/h3-9H,10H2,1-2H3,(H,19,21)(H,20,22). The number of methoxy groups -OCH3 is 1. The van der Waals surface area contributed by atoms with Gasteiger partial charge in [-0.05, 0) is 36.6 Å². The fourth-order valence-electron chi connectivity index (χ4n) is 1.92. The van der Waals surface area contributed by atoms with Gasteiger partial charge < -0.3 is 9.47 Å². The fraction of sp³-hybridized carbons (Fsp3) is 0.176. The molecule has 0 unspecified atom stereocenters. The zero-order chi connectivity index (χ0) is 18.2. The molecule has 0 aliphatic heterocycles. The lowest BCUT2D eigenvalue weighted by molar-refractivity contribution is -0.123. The Morgan fingerprint density at radius 1 is 1.16 bits per heavy atom. The van der Waals surface area contributed by atoms with Crippen LogP contribution in [0.3, 0.4) is 0 Å². The molecule has 0 atom stereocenters. The van der Waals surface area contributed by atoms with E-state index in [0.717, 1.165) is 11.0 Å². The number of carbonyl (C=O) groups is 2. The summed E-state index contributed by atoms with van der Waals surface area (Å²) in [7, 11) is 1.46. The number of hydrogen-bond acceptors (Lipinski definition) is 5. The second kappa shape index (κ2) is 8.93. The molecule has 2 N–H and O–H groups in total. The van der Waals surface area contributed by atoms with Crippen molar-refractivity contribution in [3.63, 3.8) is 0 Å². The number of benzene rings is 2. The quantitative estimate of drug-likeness (QED) is 0.608. The van der Waals surface area contributed by atoms with E-state index in [0.29, 0.717) is 5.75 Å². The molecule has 132 valence electrons. The Bertz CT molecular complexity index is 770. The lowest BCUT2D eigenvalue weighted by atomic mass is 10.2. The first kappa shape index (κ1) is 18.6. The minimum Gasteiger partial charge on any atom is -0.496 e. The third kappa shape index (κ3) is 5.39. The van der Waals surface area contributed by atoms with E-state index < -0.39 is 17.6 Å². The molecule has 0 spiro atoms. The van der Waals surface area contributed by atoms with Crippen LogP contribution in [0.5, 0.6) is 11.5 Å². The zero-order valence-corrected chi connectivity index (χ0v) is 14.5. The number of hydrazine groups is 1. The number of hydrogen-bond donors (Lipinski definition) is 2. The van der Waals surface area contributed by atoms with Crippen molar-refractivity contribution < 1.29 is 23.5 Å². The second-order valence-corrected chi connectivity index (χ2v) is 5.69. The van der Waals surface area contributed by atoms with Crippen LogP contribution < -0.4 is 20.3 Å². The molecule has 2 aromatic carbocycles. The molecule has 25 heavy (non-hydrogen) atoms. The van der Waals surface area contributed by atoms with Crippen LogP contribution in [0, 0.1) is 5.82 Å². The van der Waals surface area contributed by atoms with E-state index in [1.54, 1.807) is 18.2 Å². The van der Waals surface area contributed by atoms with Crippen molar-refractivity contribution in [2.75, 3.05) is 20.0 Å². The average molecular weight is 364 g/mol. The number of nitrogens with one attached hydrogen (secondary N) is 2. The van der Waals surface area contributed by atoms with Crippen molar-refractivity contribution in [1.29, 1.82) is 0 Å². The van der Waals surface area contributed by atoms with Gasteiger partial charge >= 0.3 is 0 Å². The van der Waals surface area contributed by atoms with Crippen molar-refractivity contribution in [3.8, 4) is 11.5 Å². The molecule has 0 radical (unpaired) electrons. The first-order valence-electron chi connectivity index (χ1n) is 7.23. The summed E-state index contributed by atoms with van der Waals surface area (Å²) in [5, 5.41) is 0. The highest BCUT2D eigenvalue weighted by Gasteiger charge is 2.14. The topological polar surface area (TPSA) is 76.7 Å². The minimum absolute atomic E-state index is 0.218. The molecule has 0 bridgehead atoms. The van der Waals surface area contributed by atoms with Gasteiger partial charge in [0.05, 0.1) is 12.7 Å². The Morgan fingerprint density at radius 2 is 1.96 bits per heavy atom. The number of rotatable bonds is 6. The first-order chi connectivity index (χ1) is 12.0. The zero-order valence-electron chi connectivity index (χ0n) is 13.7. The van der Waals surface area contributed by atoms with Gasteiger partial charge in [-0.25, -0.2) is 4.39 Å². The minimum atomic E-state index is -0.586. The van der Waals surface area contributed by atoms with Crippen LogP contribution in [0.1, 0.15) is 10.4 Å². The monoisotopic (exact) mass is 364 g/mol. The predicted octanol–water partition coefficient (Wildman–Crippen LogP) is 2.40. The van der Waals surface area contributed by atoms with Gasteiger partial charge in [-0.2, -0.15) is 0 Å². The van der Waals surface area contributed by atoms with Crippen molar-refractivity contribution in [2.45, 2.75) is 4.90 Å². The Hall–Kier alpha value is -2.74. The Kier molecular flexibility index (Phi) is 6.64. The summed E-state index contributed by atoms with van der Waals surface area (Å²) >= 11 is 1.52. The molecule has 0 aromatic heterocycles. The second-order valence-electron chi connectivity index (χ2n) is 4.81. The summed E-state index contributed by atoms with van der Waals surface area (Å²) < 4.78 is 23.3. The van der Waals surface area contributed by atoms with E-state index in [-0.39, 0.29) is 17.9 Å². The van der Waals surface area contributed by atoms with Crippen molar-refractivity contribution >= 4 is 23.6 Å². The summed E-state index contributed by atoms with van der Waals surface area (Å²) in [6, 6.07) is 10.5. The summed E-state index contributed by atoms with van der Waals surface area (Å²) in [5.41, 5.74) is 4.79. The van der Waals surface area contributed by atoms with Crippen molar-refractivity contribution in [1.82, 2.24) is 10.9 Å². The molecular formula is C17H17FN2O4S. The smallest absolute Gasteiger partial charge is 0.276 e. The third-order valence-electron chi connectivity index (χ3n) is 3.13. The van der Waals surface area contributed by atoms with Crippen molar-refractivity contribution in [2.24, 2.45) is 0 Å². The predicted molar refractivity (Wildman–Crippen MR) is 92.3 cm³/mol. The van der Waals surface area contributed by atoms with E-state index in [9.17, 15) is 14.0 Å². The van der Waals surface area contributed by atoms with E-state index in [1.165, 1.54) is 37.1 Å². The van der Waals surface area contributed by atoms with Crippen LogP contribution >= 0.6 is 11.8 Å². The molecule has 0 fully saturated rings. The van der Waals surface area contributed by atoms with Gasteiger partial charge in [0.25, 0.3) is 11.8 Å². The summed E-state index contributed by atoms with van der Waals surface area (Å²) in [6.07, 6.45) is 1.91. The lowest BCUT2D eigenvalue weighted by Gasteiger charge is -2.11. The Morgan fingerprint density at radius 3 is 2.64 bits per heavy atom. The third-order valence-corrected chi connectivity index (χ3v) is 3.86. The van der Waals surface area contributed by atoms with E-state index in [2.05, 4.69) is 10.9 Å². The van der Waals surface area contributed by atoms with Crippen LogP contribution in [0.4, 0.5) is 4.39 Å². The van der Waals surface area contributed by atoms with Crippen LogP contribution in [0.15, 0.2) is 47.4 Å². The molecule has 0 heterocycles. The van der Waals surface area contributed by atoms with E-state index in [1.807, 2.05) is 6.26 Å². The van der Waals surface area contributed by atoms with Gasteiger partial charge in [0.15, 0.2) is 6.61 Å². The molecule has 0 aliphatic rings. The van der Waals surface area contributed by atoms with Crippen LogP contribution in [0.2, 0.25) is 0 Å². The molecular weight excluding hydrogens is 347 g/mol. The molecule has 2 rings (SSSR count). The largest absolute Gasteiger partial charge is 0.496 e. The fourth-order valence-corrected chi connectivity index (χ4v) is 2.35. The summed E-state index contributed by atoms with van der Waals surface area (Å²) in [6.45, 7) is -0.369. The average Bonchev–Trinajstić information content (AvgIpc) is 2.63. The van der Waals surface area contributed by atoms with Gasteiger partial charge in [-0.1, -0.05) is 6.07 Å². The number of thioether (sulfide) groups is 1. The Labute approximate surface area is 148 Å². The molecule has 2 amide bonds. The molecule has 0 aliphatic carbocycles. The van der Waals surface area contributed by atoms with Crippen molar-refractivity contribution in [3.05, 3.63) is 53.8 Å². The number of halogens is 1. The number of carbonyl (C=O) groups excluding carboxylic acids is 2. The van der Waals surface area contributed by atoms with Crippen LogP contribution in [-0.2, 0) is 4.79 Å². The van der Waals surface area contributed by atoms with Gasteiger partial charge in [-0.3, -0.25) is 20.4 Å². The highest BCUT2D eigenvalue weighted by Crippen LogP contribution is 2.25. The highest BCUT2D eigenvalue weighted by molar-refractivity contribution is 7.98. The maximum Gasteiger partial charge on any atom is 0.276 e. The van der Waals surface area contributed by atoms with Crippen LogP contribution in [-0.4, -0.2) is 31.8 Å². The van der Waals surface area contributed by atoms with Gasteiger partial charge in [-0.15, -0.1) is 11.8 Å². The molecule has 0 saturated carbocycles. The van der Waals surface area contributed by atoms with E-state index >= 15 is 0 Å².